The molecule has 0 atom stereocenters. The molecule has 9 heteroatoms. The van der Waals surface area contributed by atoms with E-state index >= 15 is 0 Å². The summed E-state index contributed by atoms with van der Waals surface area (Å²) in [5.41, 5.74) is 1.93. The van der Waals surface area contributed by atoms with Gasteiger partial charge in [-0.25, -0.2) is 18.1 Å². The minimum Gasteiger partial charge on any atom is -0.385 e. The second kappa shape index (κ2) is 9.03. The lowest BCUT2D eigenvalue weighted by Gasteiger charge is -2.29. The number of hydrogen-bond acceptors (Lipinski definition) is 4. The van der Waals surface area contributed by atoms with E-state index in [2.05, 4.69) is 15.0 Å². The summed E-state index contributed by atoms with van der Waals surface area (Å²) in [4.78, 5) is 3.99. The van der Waals surface area contributed by atoms with E-state index in [1.165, 1.54) is 0 Å². The Morgan fingerprint density at radius 3 is 2.32 bits per heavy atom. The van der Waals surface area contributed by atoms with Crippen LogP contribution in [0.1, 0.15) is 39.5 Å². The zero-order valence-electron chi connectivity index (χ0n) is 16.0. The van der Waals surface area contributed by atoms with Crippen LogP contribution < -0.4 is 10.0 Å². The summed E-state index contributed by atoms with van der Waals surface area (Å²) in [7, 11) is -3.19. The van der Waals surface area contributed by atoms with Crippen molar-refractivity contribution < 1.29 is 8.42 Å². The second-order valence-corrected chi connectivity index (χ2v) is 10.5. The molecule has 0 aliphatic heterocycles. The molecule has 2 N–H and O–H groups in total. The van der Waals surface area contributed by atoms with Gasteiger partial charge in [-0.1, -0.05) is 23.2 Å². The maximum atomic E-state index is 12.0. The van der Waals surface area contributed by atoms with Gasteiger partial charge in [0.1, 0.15) is 6.33 Å². The molecular weight excluding hydrogens is 419 g/mol. The van der Waals surface area contributed by atoms with Gasteiger partial charge < -0.3 is 5.32 Å². The molecule has 1 aromatic heterocycles. The predicted octanol–water partition coefficient (Wildman–Crippen LogP) is 4.48. The molecule has 0 saturated heterocycles. The average molecular weight is 445 g/mol. The van der Waals surface area contributed by atoms with Crippen LogP contribution in [0.4, 0.5) is 5.69 Å². The van der Waals surface area contributed by atoms with E-state index in [0.29, 0.717) is 11.1 Å². The van der Waals surface area contributed by atoms with Crippen molar-refractivity contribution in [3.63, 3.8) is 0 Å². The molecule has 0 spiro atoms. The van der Waals surface area contributed by atoms with E-state index in [-0.39, 0.29) is 16.4 Å². The number of benzene rings is 1. The lowest BCUT2D eigenvalue weighted by atomic mass is 9.86. The van der Waals surface area contributed by atoms with Gasteiger partial charge in [0.05, 0.1) is 5.25 Å². The third kappa shape index (κ3) is 5.20. The SMILES string of the molecule is CC(C)S(=O)(=O)NC1CCC(CNc2ccc(-n3cnc(Cl)c3Cl)cc2)CC1. The molecular formula is C19H26Cl2N4O2S. The van der Waals surface area contributed by atoms with Crippen LogP contribution in [0, 0.1) is 5.92 Å². The largest absolute Gasteiger partial charge is 0.385 e. The monoisotopic (exact) mass is 444 g/mol. The van der Waals surface area contributed by atoms with Crippen LogP contribution in [0.5, 0.6) is 0 Å². The number of imidazole rings is 1. The molecule has 6 nitrogen and oxygen atoms in total. The fourth-order valence-electron chi connectivity index (χ4n) is 3.35. The highest BCUT2D eigenvalue weighted by molar-refractivity contribution is 7.90. The van der Waals surface area contributed by atoms with Crippen molar-refractivity contribution >= 4 is 38.9 Å². The standard InChI is InChI=1S/C19H26Cl2N4O2S/c1-13(2)28(26,27)24-16-5-3-14(4-6-16)11-22-15-7-9-17(10-8-15)25-12-23-18(20)19(25)21/h7-10,12-14,16,22,24H,3-6,11H2,1-2H3. The Balaban J connectivity index is 1.47. The van der Waals surface area contributed by atoms with E-state index in [1.54, 1.807) is 24.7 Å². The summed E-state index contributed by atoms with van der Waals surface area (Å²) in [6.07, 6.45) is 5.40. The Labute approximate surface area is 176 Å². The lowest BCUT2D eigenvalue weighted by molar-refractivity contribution is 0.323. The molecule has 154 valence electrons. The van der Waals surface area contributed by atoms with E-state index in [9.17, 15) is 8.42 Å². The topological polar surface area (TPSA) is 76.0 Å². The molecule has 0 amide bonds. The van der Waals surface area contributed by atoms with Crippen LogP contribution in [-0.4, -0.2) is 35.8 Å². The average Bonchev–Trinajstić information content (AvgIpc) is 3.00. The van der Waals surface area contributed by atoms with Gasteiger partial charge in [0.2, 0.25) is 10.0 Å². The molecule has 1 aliphatic rings. The lowest BCUT2D eigenvalue weighted by Crippen LogP contribution is -2.41. The van der Waals surface area contributed by atoms with Gasteiger partial charge in [-0.15, -0.1) is 0 Å². The van der Waals surface area contributed by atoms with E-state index < -0.39 is 10.0 Å². The number of rotatable bonds is 7. The zero-order valence-corrected chi connectivity index (χ0v) is 18.4. The van der Waals surface area contributed by atoms with Gasteiger partial charge in [-0.3, -0.25) is 4.57 Å². The number of anilines is 1. The zero-order chi connectivity index (χ0) is 20.3. The van der Waals surface area contributed by atoms with Crippen molar-refractivity contribution in [2.24, 2.45) is 5.92 Å². The molecule has 28 heavy (non-hydrogen) atoms. The van der Waals surface area contributed by atoms with Crippen LogP contribution in [0.15, 0.2) is 30.6 Å². The Hall–Kier alpha value is -1.28. The number of nitrogens with zero attached hydrogens (tertiary/aromatic N) is 2. The smallest absolute Gasteiger partial charge is 0.214 e. The fourth-order valence-corrected chi connectivity index (χ4v) is 4.64. The summed E-state index contributed by atoms with van der Waals surface area (Å²) in [6, 6.07) is 7.99. The maximum absolute atomic E-state index is 12.0. The maximum Gasteiger partial charge on any atom is 0.214 e. The Morgan fingerprint density at radius 1 is 1.14 bits per heavy atom. The van der Waals surface area contributed by atoms with Crippen molar-refractivity contribution in [3.8, 4) is 5.69 Å². The van der Waals surface area contributed by atoms with Crippen molar-refractivity contribution in [2.75, 3.05) is 11.9 Å². The van der Waals surface area contributed by atoms with Crippen molar-refractivity contribution in [2.45, 2.75) is 50.8 Å². The van der Waals surface area contributed by atoms with E-state index in [4.69, 9.17) is 23.2 Å². The predicted molar refractivity (Wildman–Crippen MR) is 115 cm³/mol. The molecule has 2 aromatic rings. The van der Waals surface area contributed by atoms with Crippen LogP contribution in [0.2, 0.25) is 10.3 Å². The highest BCUT2D eigenvalue weighted by Crippen LogP contribution is 2.27. The molecule has 1 fully saturated rings. The number of nitrogens with one attached hydrogen (secondary N) is 2. The first-order valence-electron chi connectivity index (χ1n) is 9.50. The summed E-state index contributed by atoms with van der Waals surface area (Å²) in [5.74, 6) is 0.543. The number of sulfonamides is 1. The van der Waals surface area contributed by atoms with E-state index in [0.717, 1.165) is 43.6 Å². The minimum absolute atomic E-state index is 0.0645. The third-order valence-electron chi connectivity index (χ3n) is 5.21. The summed E-state index contributed by atoms with van der Waals surface area (Å²) < 4.78 is 28.6. The molecule has 0 bridgehead atoms. The number of aromatic nitrogens is 2. The Kier molecular flexibility index (Phi) is 6.91. The summed E-state index contributed by atoms with van der Waals surface area (Å²) >= 11 is 12.0. The van der Waals surface area contributed by atoms with Gasteiger partial charge in [0.15, 0.2) is 10.3 Å². The summed E-state index contributed by atoms with van der Waals surface area (Å²) in [6.45, 7) is 4.29. The molecule has 0 radical (unpaired) electrons. The van der Waals surface area contributed by atoms with Crippen LogP contribution in [0.3, 0.4) is 0 Å². The van der Waals surface area contributed by atoms with Gasteiger partial charge in [-0.2, -0.15) is 0 Å². The normalized spacial score (nSPS) is 20.5. The Morgan fingerprint density at radius 2 is 1.79 bits per heavy atom. The quantitative estimate of drug-likeness (QED) is 0.659. The van der Waals surface area contributed by atoms with Crippen LogP contribution in [-0.2, 0) is 10.0 Å². The fraction of sp³-hybridized carbons (Fsp3) is 0.526. The first-order chi connectivity index (χ1) is 13.3. The third-order valence-corrected chi connectivity index (χ3v) is 7.84. The first-order valence-corrected chi connectivity index (χ1v) is 11.8. The first kappa shape index (κ1) is 21.4. The number of halogens is 2. The molecule has 1 aromatic carbocycles. The Bertz CT molecular complexity index is 889. The molecule has 3 rings (SSSR count). The second-order valence-electron chi connectivity index (χ2n) is 7.55. The highest BCUT2D eigenvalue weighted by atomic mass is 35.5. The molecule has 0 unspecified atom stereocenters. The van der Waals surface area contributed by atoms with Crippen molar-refractivity contribution in [1.29, 1.82) is 0 Å². The van der Waals surface area contributed by atoms with Crippen molar-refractivity contribution in [3.05, 3.63) is 40.9 Å². The van der Waals surface area contributed by atoms with Gasteiger partial charge in [0.25, 0.3) is 0 Å². The van der Waals surface area contributed by atoms with Gasteiger partial charge >= 0.3 is 0 Å². The summed E-state index contributed by atoms with van der Waals surface area (Å²) in [5, 5.41) is 3.77. The highest BCUT2D eigenvalue weighted by Gasteiger charge is 2.26. The molecule has 1 aliphatic carbocycles. The van der Waals surface area contributed by atoms with Crippen molar-refractivity contribution in [1.82, 2.24) is 14.3 Å². The van der Waals surface area contributed by atoms with Crippen LogP contribution in [0.25, 0.3) is 5.69 Å². The molecule has 1 heterocycles. The van der Waals surface area contributed by atoms with Crippen LogP contribution >= 0.6 is 23.2 Å². The van der Waals surface area contributed by atoms with Gasteiger partial charge in [-0.05, 0) is 69.7 Å². The van der Waals surface area contributed by atoms with Gasteiger partial charge in [0, 0.05) is 24.0 Å². The van der Waals surface area contributed by atoms with E-state index in [1.807, 2.05) is 24.3 Å². The number of hydrogen-bond donors (Lipinski definition) is 2. The molecule has 1 saturated carbocycles. The minimum atomic E-state index is -3.19.